The van der Waals surface area contributed by atoms with Crippen LogP contribution in [0.2, 0.25) is 0 Å². The molecule has 3 rings (SSSR count). The van der Waals surface area contributed by atoms with Crippen LogP contribution < -0.4 is 0 Å². The Morgan fingerprint density at radius 1 is 1.00 bits per heavy atom. The molecular formula is C16H13NO2. The minimum absolute atomic E-state index is 0.0183. The third-order valence-corrected chi connectivity index (χ3v) is 3.13. The first-order valence-corrected chi connectivity index (χ1v) is 6.22. The number of rotatable bonds is 3. The first-order chi connectivity index (χ1) is 9.34. The Balaban J connectivity index is 1.73. The van der Waals surface area contributed by atoms with E-state index >= 15 is 0 Å². The molecule has 0 saturated carbocycles. The highest BCUT2D eigenvalue weighted by atomic mass is 16.6. The van der Waals surface area contributed by atoms with Crippen LogP contribution in [-0.2, 0) is 4.84 Å². The maximum absolute atomic E-state index is 12.2. The molecule has 1 heterocycles. The van der Waals surface area contributed by atoms with Gasteiger partial charge in [0.15, 0.2) is 6.10 Å². The molecule has 3 heteroatoms. The highest BCUT2D eigenvalue weighted by molar-refractivity contribution is 6.07. The van der Waals surface area contributed by atoms with E-state index in [1.807, 2.05) is 48.5 Å². The van der Waals surface area contributed by atoms with Gasteiger partial charge in [0.1, 0.15) is 0 Å². The number of nitrogens with zero attached hydrogens (tertiary/aromatic N) is 1. The number of ketones is 1. The summed E-state index contributed by atoms with van der Waals surface area (Å²) in [7, 11) is 0. The molecule has 0 saturated heterocycles. The Bertz CT molecular complexity index is 605. The zero-order valence-corrected chi connectivity index (χ0v) is 10.3. The lowest BCUT2D eigenvalue weighted by Crippen LogP contribution is -2.21. The number of carbonyl (C=O) groups is 1. The van der Waals surface area contributed by atoms with Crippen LogP contribution in [0.25, 0.3) is 0 Å². The molecule has 94 valence electrons. The first kappa shape index (κ1) is 11.7. The van der Waals surface area contributed by atoms with Crippen molar-refractivity contribution in [2.24, 2.45) is 5.16 Å². The molecule has 3 nitrogen and oxygen atoms in total. The number of hydrogen-bond acceptors (Lipinski definition) is 3. The van der Waals surface area contributed by atoms with Crippen molar-refractivity contribution in [1.82, 2.24) is 0 Å². The molecule has 0 bridgehead atoms. The van der Waals surface area contributed by atoms with Gasteiger partial charge in [-0.05, 0) is 5.56 Å². The summed E-state index contributed by atoms with van der Waals surface area (Å²) in [6.07, 6.45) is 0.0233. The van der Waals surface area contributed by atoms with Crippen molar-refractivity contribution in [3.05, 3.63) is 71.8 Å². The van der Waals surface area contributed by atoms with Gasteiger partial charge in [-0.2, -0.15) is 0 Å². The van der Waals surface area contributed by atoms with Gasteiger partial charge >= 0.3 is 0 Å². The predicted molar refractivity (Wildman–Crippen MR) is 73.2 cm³/mol. The van der Waals surface area contributed by atoms with Crippen LogP contribution >= 0.6 is 0 Å². The second-order valence-electron chi connectivity index (χ2n) is 4.43. The van der Waals surface area contributed by atoms with Gasteiger partial charge in [0.05, 0.1) is 5.71 Å². The predicted octanol–water partition coefficient (Wildman–Crippen LogP) is 3.06. The maximum Gasteiger partial charge on any atom is 0.206 e. The van der Waals surface area contributed by atoms with Gasteiger partial charge < -0.3 is 4.84 Å². The van der Waals surface area contributed by atoms with Crippen molar-refractivity contribution in [3.63, 3.8) is 0 Å². The van der Waals surface area contributed by atoms with Crippen LogP contribution in [0, 0.1) is 0 Å². The van der Waals surface area contributed by atoms with E-state index in [9.17, 15) is 4.79 Å². The molecule has 0 aromatic heterocycles. The zero-order chi connectivity index (χ0) is 13.1. The van der Waals surface area contributed by atoms with Crippen LogP contribution in [0.5, 0.6) is 0 Å². The standard InChI is InChI=1S/C16H13NO2/c18-16(13-9-5-2-6-10-13)15-11-14(17-19-15)12-7-3-1-4-8-12/h1-10,15H,11H2/t15-/m1/s1. The minimum atomic E-state index is -0.502. The first-order valence-electron chi connectivity index (χ1n) is 6.22. The molecule has 1 aliphatic heterocycles. The van der Waals surface area contributed by atoms with Crippen molar-refractivity contribution >= 4 is 11.5 Å². The van der Waals surface area contributed by atoms with E-state index in [0.717, 1.165) is 11.3 Å². The Kier molecular flexibility index (Phi) is 3.11. The van der Waals surface area contributed by atoms with Crippen LogP contribution in [0.4, 0.5) is 0 Å². The maximum atomic E-state index is 12.2. The van der Waals surface area contributed by atoms with E-state index in [1.165, 1.54) is 0 Å². The topological polar surface area (TPSA) is 38.7 Å². The largest absolute Gasteiger partial charge is 0.383 e. The highest BCUT2D eigenvalue weighted by Gasteiger charge is 2.29. The zero-order valence-electron chi connectivity index (χ0n) is 10.3. The molecule has 0 N–H and O–H groups in total. The number of Topliss-reactive ketones (excluding diaryl/α,β-unsaturated/α-hetero) is 1. The summed E-state index contributed by atoms with van der Waals surface area (Å²) in [5, 5.41) is 4.03. The number of hydrogen-bond donors (Lipinski definition) is 0. The summed E-state index contributed by atoms with van der Waals surface area (Å²) >= 11 is 0. The van der Waals surface area contributed by atoms with E-state index in [1.54, 1.807) is 12.1 Å². The van der Waals surface area contributed by atoms with Gasteiger partial charge in [0.2, 0.25) is 5.78 Å². The summed E-state index contributed by atoms with van der Waals surface area (Å²) < 4.78 is 0. The second-order valence-corrected chi connectivity index (χ2v) is 4.43. The molecule has 0 fully saturated rings. The lowest BCUT2D eigenvalue weighted by Gasteiger charge is -2.06. The van der Waals surface area contributed by atoms with Gasteiger partial charge in [0.25, 0.3) is 0 Å². The molecule has 1 aliphatic rings. The monoisotopic (exact) mass is 251 g/mol. The van der Waals surface area contributed by atoms with Gasteiger partial charge in [-0.1, -0.05) is 65.8 Å². The van der Waals surface area contributed by atoms with Crippen molar-refractivity contribution in [1.29, 1.82) is 0 Å². The van der Waals surface area contributed by atoms with Crippen LogP contribution in [0.3, 0.4) is 0 Å². The van der Waals surface area contributed by atoms with E-state index in [-0.39, 0.29) is 5.78 Å². The summed E-state index contributed by atoms with van der Waals surface area (Å²) in [6, 6.07) is 19.0. The van der Waals surface area contributed by atoms with Crippen molar-refractivity contribution in [2.75, 3.05) is 0 Å². The van der Waals surface area contributed by atoms with Gasteiger partial charge in [-0.25, -0.2) is 0 Å². The van der Waals surface area contributed by atoms with Crippen LogP contribution in [-0.4, -0.2) is 17.6 Å². The molecule has 19 heavy (non-hydrogen) atoms. The molecule has 2 aromatic carbocycles. The Hall–Kier alpha value is -2.42. The molecule has 0 amide bonds. The molecule has 0 radical (unpaired) electrons. The smallest absolute Gasteiger partial charge is 0.206 e. The number of benzene rings is 2. The molecule has 0 unspecified atom stereocenters. The van der Waals surface area contributed by atoms with E-state index in [4.69, 9.17) is 4.84 Å². The minimum Gasteiger partial charge on any atom is -0.383 e. The van der Waals surface area contributed by atoms with E-state index < -0.39 is 6.10 Å². The van der Waals surface area contributed by atoms with Crippen molar-refractivity contribution < 1.29 is 9.63 Å². The van der Waals surface area contributed by atoms with E-state index in [2.05, 4.69) is 5.16 Å². The molecule has 0 spiro atoms. The molecule has 0 aliphatic carbocycles. The summed E-state index contributed by atoms with van der Waals surface area (Å²) in [5.41, 5.74) is 2.50. The van der Waals surface area contributed by atoms with Crippen LogP contribution in [0.1, 0.15) is 22.3 Å². The average Bonchev–Trinajstić information content (AvgIpc) is 2.98. The fourth-order valence-electron chi connectivity index (χ4n) is 2.11. The Morgan fingerprint density at radius 3 is 2.32 bits per heavy atom. The fourth-order valence-corrected chi connectivity index (χ4v) is 2.11. The fraction of sp³-hybridized carbons (Fsp3) is 0.125. The van der Waals surface area contributed by atoms with Crippen LogP contribution in [0.15, 0.2) is 65.8 Å². The lowest BCUT2D eigenvalue weighted by atomic mass is 9.99. The second kappa shape index (κ2) is 5.06. The summed E-state index contributed by atoms with van der Waals surface area (Å²) in [6.45, 7) is 0. The Morgan fingerprint density at radius 2 is 1.63 bits per heavy atom. The number of carbonyl (C=O) groups excluding carboxylic acids is 1. The van der Waals surface area contributed by atoms with Gasteiger partial charge in [-0.15, -0.1) is 0 Å². The van der Waals surface area contributed by atoms with Crippen molar-refractivity contribution in [2.45, 2.75) is 12.5 Å². The normalized spacial score (nSPS) is 17.7. The molecule has 2 aromatic rings. The van der Waals surface area contributed by atoms with E-state index in [0.29, 0.717) is 12.0 Å². The number of oxime groups is 1. The average molecular weight is 251 g/mol. The molecular weight excluding hydrogens is 238 g/mol. The highest BCUT2D eigenvalue weighted by Crippen LogP contribution is 2.19. The third kappa shape index (κ3) is 2.40. The lowest BCUT2D eigenvalue weighted by molar-refractivity contribution is 0.0556. The SMILES string of the molecule is O=C(c1ccccc1)[C@H]1CC(c2ccccc2)=NO1. The van der Waals surface area contributed by atoms with Gasteiger partial charge in [0, 0.05) is 12.0 Å². The van der Waals surface area contributed by atoms with Crippen molar-refractivity contribution in [3.8, 4) is 0 Å². The summed E-state index contributed by atoms with van der Waals surface area (Å²) in [5.74, 6) is -0.0183. The van der Waals surface area contributed by atoms with Gasteiger partial charge in [-0.3, -0.25) is 4.79 Å². The Labute approximate surface area is 111 Å². The molecule has 1 atom stereocenters. The third-order valence-electron chi connectivity index (χ3n) is 3.13. The summed E-state index contributed by atoms with van der Waals surface area (Å²) in [4.78, 5) is 17.5. The quantitative estimate of drug-likeness (QED) is 0.786.